The van der Waals surface area contributed by atoms with E-state index in [0.717, 1.165) is 49.0 Å². The molecule has 3 heterocycles. The minimum atomic E-state index is -0.258. The molecule has 0 spiro atoms. The Kier molecular flexibility index (Phi) is 5.31. The number of aliphatic hydroxyl groups is 1. The molecule has 3 N–H and O–H groups in total. The fraction of sp³-hybridized carbons (Fsp3) is 0.682. The van der Waals surface area contributed by atoms with Crippen molar-refractivity contribution in [2.24, 2.45) is 23.7 Å². The summed E-state index contributed by atoms with van der Waals surface area (Å²) in [7, 11) is 0. The van der Waals surface area contributed by atoms with Crippen LogP contribution < -0.4 is 15.5 Å². The van der Waals surface area contributed by atoms with Crippen LogP contribution in [0.3, 0.4) is 0 Å². The summed E-state index contributed by atoms with van der Waals surface area (Å²) in [4.78, 5) is 7.16. The van der Waals surface area contributed by atoms with Gasteiger partial charge in [-0.15, -0.1) is 0 Å². The highest BCUT2D eigenvalue weighted by molar-refractivity contribution is 7.80. The fourth-order valence-electron chi connectivity index (χ4n) is 5.98. The second-order valence-electron chi connectivity index (χ2n) is 9.61. The van der Waals surface area contributed by atoms with Gasteiger partial charge in [-0.05, 0) is 68.1 Å². The summed E-state index contributed by atoms with van der Waals surface area (Å²) in [5, 5.41) is 22.7. The number of rotatable bonds is 3. The lowest BCUT2D eigenvalue weighted by atomic mass is 9.61. The average Bonchev–Trinajstić information content (AvgIpc) is 3.38. The van der Waals surface area contributed by atoms with Crippen LogP contribution in [0.1, 0.15) is 46.0 Å². The second-order valence-corrected chi connectivity index (χ2v) is 10.0. The molecule has 0 radical (unpaired) electrons. The quantitative estimate of drug-likeness (QED) is 0.649. The zero-order chi connectivity index (χ0) is 20.8. The lowest BCUT2D eigenvalue weighted by molar-refractivity contribution is -0.0470. The maximum atomic E-state index is 10.8. The van der Waals surface area contributed by atoms with E-state index >= 15 is 0 Å². The van der Waals surface area contributed by atoms with Gasteiger partial charge in [0.1, 0.15) is 11.5 Å². The number of nitrogens with zero attached hydrogens (tertiary/aromatic N) is 4. The Morgan fingerprint density at radius 3 is 2.73 bits per heavy atom. The third-order valence-electron chi connectivity index (χ3n) is 7.44. The van der Waals surface area contributed by atoms with Gasteiger partial charge in [0.2, 0.25) is 0 Å². The number of anilines is 2. The number of aromatic nitrogens is 3. The molecule has 3 aliphatic rings. The van der Waals surface area contributed by atoms with E-state index in [1.54, 1.807) is 10.7 Å². The molecule has 3 fully saturated rings. The van der Waals surface area contributed by atoms with Gasteiger partial charge in [-0.2, -0.15) is 5.10 Å². The number of fused-ring (bicyclic) bond motifs is 3. The SMILES string of the molecule is CC1CC2CC(C)C(NC(=S)Nc3cnn4ccc(N5CCCC5)nc34)C(C2)C1O. The molecule has 1 saturated heterocycles. The van der Waals surface area contributed by atoms with Crippen LogP contribution >= 0.6 is 12.2 Å². The molecule has 2 aliphatic carbocycles. The van der Waals surface area contributed by atoms with E-state index in [0.29, 0.717) is 16.9 Å². The van der Waals surface area contributed by atoms with Gasteiger partial charge in [-0.25, -0.2) is 9.50 Å². The predicted octanol–water partition coefficient (Wildman–Crippen LogP) is 3.05. The van der Waals surface area contributed by atoms with Crippen LogP contribution in [0.5, 0.6) is 0 Å². The van der Waals surface area contributed by atoms with Crippen LogP contribution in [0.4, 0.5) is 11.5 Å². The Morgan fingerprint density at radius 1 is 1.17 bits per heavy atom. The normalized spacial score (nSPS) is 33.6. The largest absolute Gasteiger partial charge is 0.392 e. The second kappa shape index (κ2) is 7.96. The number of hydrogen-bond donors (Lipinski definition) is 3. The fourth-order valence-corrected chi connectivity index (χ4v) is 6.23. The van der Waals surface area contributed by atoms with E-state index in [2.05, 4.69) is 34.5 Å². The van der Waals surface area contributed by atoms with Crippen LogP contribution in [0.25, 0.3) is 5.65 Å². The molecular formula is C22H32N6OS. The monoisotopic (exact) mass is 428 g/mol. The molecule has 162 valence electrons. The first-order valence-electron chi connectivity index (χ1n) is 11.3. The molecular weight excluding hydrogens is 396 g/mol. The van der Waals surface area contributed by atoms with Crippen LogP contribution in [0, 0.1) is 23.7 Å². The first-order chi connectivity index (χ1) is 14.5. The van der Waals surface area contributed by atoms with E-state index in [4.69, 9.17) is 17.2 Å². The van der Waals surface area contributed by atoms with Crippen molar-refractivity contribution in [2.45, 2.75) is 58.1 Å². The van der Waals surface area contributed by atoms with Crippen molar-refractivity contribution >= 4 is 34.5 Å². The Balaban J connectivity index is 1.31. The van der Waals surface area contributed by atoms with E-state index in [-0.39, 0.29) is 18.1 Å². The van der Waals surface area contributed by atoms with Crippen LogP contribution in [0.2, 0.25) is 0 Å². The van der Waals surface area contributed by atoms with Crippen molar-refractivity contribution in [3.63, 3.8) is 0 Å². The summed E-state index contributed by atoms with van der Waals surface area (Å²) in [5.41, 5.74) is 1.60. The van der Waals surface area contributed by atoms with Crippen molar-refractivity contribution in [1.29, 1.82) is 0 Å². The van der Waals surface area contributed by atoms with Crippen molar-refractivity contribution in [3.05, 3.63) is 18.5 Å². The average molecular weight is 429 g/mol. The van der Waals surface area contributed by atoms with Gasteiger partial charge in [0, 0.05) is 31.2 Å². The van der Waals surface area contributed by atoms with Crippen LogP contribution in [0.15, 0.2) is 18.5 Å². The summed E-state index contributed by atoms with van der Waals surface area (Å²) in [5.74, 6) is 2.83. The number of hydrogen-bond acceptors (Lipinski definition) is 5. The zero-order valence-electron chi connectivity index (χ0n) is 17.8. The molecule has 5 rings (SSSR count). The standard InChI is InChI=1S/C22H32N6OS/c1-13-9-15-10-14(2)20(29)16(11-15)19(13)26-22(30)24-17-12-23-28-8-5-18(25-21(17)28)27-6-3-4-7-27/h5,8,12-16,19-20,29H,3-4,6-7,9-11H2,1-2H3,(H2,24,26,30). The summed E-state index contributed by atoms with van der Waals surface area (Å²) in [6, 6.07) is 2.21. The highest BCUT2D eigenvalue weighted by Gasteiger charge is 2.45. The number of aliphatic hydroxyl groups excluding tert-OH is 1. The minimum Gasteiger partial charge on any atom is -0.392 e. The van der Waals surface area contributed by atoms with E-state index < -0.39 is 0 Å². The highest BCUT2D eigenvalue weighted by Crippen LogP contribution is 2.45. The van der Waals surface area contributed by atoms with Gasteiger partial charge in [-0.3, -0.25) is 0 Å². The molecule has 2 bridgehead atoms. The molecule has 2 aromatic heterocycles. The topological polar surface area (TPSA) is 77.7 Å². The molecule has 8 heteroatoms. The molecule has 6 unspecified atom stereocenters. The molecule has 2 saturated carbocycles. The smallest absolute Gasteiger partial charge is 0.180 e. The molecule has 7 nitrogen and oxygen atoms in total. The first-order valence-corrected chi connectivity index (χ1v) is 11.8. The summed E-state index contributed by atoms with van der Waals surface area (Å²) < 4.78 is 1.78. The molecule has 0 aromatic carbocycles. The Bertz CT molecular complexity index is 925. The maximum absolute atomic E-state index is 10.8. The first kappa shape index (κ1) is 20.0. The van der Waals surface area contributed by atoms with Crippen LogP contribution in [-0.2, 0) is 0 Å². The predicted molar refractivity (Wildman–Crippen MR) is 123 cm³/mol. The Hall–Kier alpha value is -1.93. The molecule has 6 atom stereocenters. The van der Waals surface area contributed by atoms with Crippen molar-refractivity contribution < 1.29 is 5.11 Å². The molecule has 0 amide bonds. The van der Waals surface area contributed by atoms with Gasteiger partial charge < -0.3 is 20.6 Å². The van der Waals surface area contributed by atoms with Crippen molar-refractivity contribution in [1.82, 2.24) is 19.9 Å². The van der Waals surface area contributed by atoms with Gasteiger partial charge >= 0.3 is 0 Å². The van der Waals surface area contributed by atoms with Crippen molar-refractivity contribution in [2.75, 3.05) is 23.3 Å². The van der Waals surface area contributed by atoms with Gasteiger partial charge in [0.05, 0.1) is 12.3 Å². The van der Waals surface area contributed by atoms with Gasteiger partial charge in [-0.1, -0.05) is 13.8 Å². The van der Waals surface area contributed by atoms with E-state index in [9.17, 15) is 5.11 Å². The summed E-state index contributed by atoms with van der Waals surface area (Å²) in [6.07, 6.45) is 9.35. The maximum Gasteiger partial charge on any atom is 0.180 e. The van der Waals surface area contributed by atoms with Gasteiger partial charge in [0.15, 0.2) is 10.8 Å². The lowest BCUT2D eigenvalue weighted by Gasteiger charge is -2.49. The Morgan fingerprint density at radius 2 is 1.93 bits per heavy atom. The van der Waals surface area contributed by atoms with E-state index in [1.807, 2.05) is 12.3 Å². The number of thiocarbonyl (C=S) groups is 1. The van der Waals surface area contributed by atoms with Gasteiger partial charge in [0.25, 0.3) is 0 Å². The van der Waals surface area contributed by atoms with Crippen LogP contribution in [-0.4, -0.2) is 50.1 Å². The summed E-state index contributed by atoms with van der Waals surface area (Å²) in [6.45, 7) is 6.57. The third-order valence-corrected chi connectivity index (χ3v) is 7.66. The highest BCUT2D eigenvalue weighted by atomic mass is 32.1. The molecule has 1 aliphatic heterocycles. The molecule has 2 aromatic rings. The van der Waals surface area contributed by atoms with E-state index in [1.165, 1.54) is 19.3 Å². The Labute approximate surface area is 183 Å². The van der Waals surface area contributed by atoms with Crippen molar-refractivity contribution in [3.8, 4) is 0 Å². The molecule has 30 heavy (non-hydrogen) atoms. The minimum absolute atomic E-state index is 0.189. The summed E-state index contributed by atoms with van der Waals surface area (Å²) >= 11 is 5.68. The third kappa shape index (κ3) is 3.64. The zero-order valence-corrected chi connectivity index (χ0v) is 18.6. The number of nitrogens with one attached hydrogen (secondary N) is 2. The lowest BCUT2D eigenvalue weighted by Crippen LogP contribution is -2.56.